The van der Waals surface area contributed by atoms with Gasteiger partial charge < -0.3 is 5.32 Å². The zero-order valence-corrected chi connectivity index (χ0v) is 23.6. The number of nitrogens with one attached hydrogen (secondary N) is 1. The first-order valence-corrected chi connectivity index (χ1v) is 14.3. The van der Waals surface area contributed by atoms with Crippen molar-refractivity contribution in [3.8, 4) is 34.4 Å². The second-order valence-electron chi connectivity index (χ2n) is 10.6. The monoisotopic (exact) mass is 563 g/mol. The van der Waals surface area contributed by atoms with Crippen LogP contribution in [0.25, 0.3) is 33.0 Å². The summed E-state index contributed by atoms with van der Waals surface area (Å²) in [7, 11) is 0. The molecule has 1 aliphatic heterocycles. The molecule has 0 fully saturated rings. The molecule has 1 unspecified atom stereocenters. The Bertz CT molecular complexity index is 2120. The molecule has 0 aliphatic carbocycles. The van der Waals surface area contributed by atoms with Crippen LogP contribution in [-0.4, -0.2) is 11.7 Å². The van der Waals surface area contributed by atoms with Crippen LogP contribution in [0.15, 0.2) is 150 Å². The summed E-state index contributed by atoms with van der Waals surface area (Å²) in [4.78, 5) is 9.92. The lowest BCUT2D eigenvalue weighted by Gasteiger charge is -2.23. The number of aliphatic imine (C=N–C) groups is 2. The summed E-state index contributed by atoms with van der Waals surface area (Å²) in [6.45, 7) is 0. The lowest BCUT2D eigenvalue weighted by atomic mass is 9.91. The molecule has 7 rings (SSSR count). The van der Waals surface area contributed by atoms with Crippen LogP contribution in [0.5, 0.6) is 0 Å². The van der Waals surface area contributed by atoms with Gasteiger partial charge in [-0.05, 0) is 68.9 Å². The SMILES string of the molecule is N#Cc1cc(C#N)cc(-c2cc(-c3ccc(C4=NC(c5ccccc5)NC(c5ccccc5)=N4)cc3)cc3ccccc23)c1. The second kappa shape index (κ2) is 11.5. The molecule has 1 N–H and O–H groups in total. The summed E-state index contributed by atoms with van der Waals surface area (Å²) in [5.74, 6) is 1.45. The Morgan fingerprint density at radius 3 is 1.89 bits per heavy atom. The van der Waals surface area contributed by atoms with Gasteiger partial charge in [-0.25, -0.2) is 9.98 Å². The van der Waals surface area contributed by atoms with Crippen LogP contribution >= 0.6 is 0 Å². The van der Waals surface area contributed by atoms with Crippen molar-refractivity contribution in [2.75, 3.05) is 0 Å². The lowest BCUT2D eigenvalue weighted by Crippen LogP contribution is -2.33. The fourth-order valence-electron chi connectivity index (χ4n) is 5.57. The Labute approximate surface area is 255 Å². The van der Waals surface area contributed by atoms with Crippen molar-refractivity contribution in [3.63, 3.8) is 0 Å². The normalized spacial score (nSPS) is 14.1. The zero-order valence-electron chi connectivity index (χ0n) is 23.6. The smallest absolute Gasteiger partial charge is 0.159 e. The van der Waals surface area contributed by atoms with Gasteiger partial charge in [0.1, 0.15) is 12.0 Å². The van der Waals surface area contributed by atoms with E-state index in [1.165, 1.54) is 0 Å². The van der Waals surface area contributed by atoms with Crippen molar-refractivity contribution in [1.82, 2.24) is 5.32 Å². The van der Waals surface area contributed by atoms with Gasteiger partial charge in [-0.15, -0.1) is 0 Å². The van der Waals surface area contributed by atoms with E-state index in [1.54, 1.807) is 6.07 Å². The van der Waals surface area contributed by atoms with Crippen molar-refractivity contribution in [2.45, 2.75) is 6.17 Å². The number of nitriles is 2. The third-order valence-electron chi connectivity index (χ3n) is 7.75. The highest BCUT2D eigenvalue weighted by Crippen LogP contribution is 2.35. The average Bonchev–Trinajstić information content (AvgIpc) is 3.11. The quantitative estimate of drug-likeness (QED) is 0.229. The van der Waals surface area contributed by atoms with Crippen molar-refractivity contribution < 1.29 is 0 Å². The molecule has 5 nitrogen and oxygen atoms in total. The molecule has 206 valence electrons. The van der Waals surface area contributed by atoms with Gasteiger partial charge in [-0.2, -0.15) is 10.5 Å². The number of fused-ring (bicyclic) bond motifs is 1. The maximum absolute atomic E-state index is 9.59. The topological polar surface area (TPSA) is 84.3 Å². The molecular weight excluding hydrogens is 538 g/mol. The molecule has 0 saturated heterocycles. The Kier molecular flexibility index (Phi) is 6.97. The maximum atomic E-state index is 9.59. The van der Waals surface area contributed by atoms with Crippen LogP contribution in [0.4, 0.5) is 0 Å². The van der Waals surface area contributed by atoms with E-state index in [-0.39, 0.29) is 6.17 Å². The second-order valence-corrected chi connectivity index (χ2v) is 10.6. The Morgan fingerprint density at radius 1 is 0.545 bits per heavy atom. The largest absolute Gasteiger partial charge is 0.344 e. The average molecular weight is 564 g/mol. The first kappa shape index (κ1) is 26.6. The number of hydrogen-bond donors (Lipinski definition) is 1. The van der Waals surface area contributed by atoms with E-state index in [0.29, 0.717) is 17.0 Å². The predicted molar refractivity (Wildman–Crippen MR) is 176 cm³/mol. The van der Waals surface area contributed by atoms with Crippen molar-refractivity contribution in [1.29, 1.82) is 10.5 Å². The third kappa shape index (κ3) is 5.23. The van der Waals surface area contributed by atoms with Gasteiger partial charge in [0.15, 0.2) is 5.84 Å². The molecule has 1 aliphatic rings. The molecule has 0 spiro atoms. The van der Waals surface area contributed by atoms with Crippen molar-refractivity contribution in [3.05, 3.63) is 167 Å². The first-order valence-electron chi connectivity index (χ1n) is 14.3. The van der Waals surface area contributed by atoms with Crippen LogP contribution in [-0.2, 0) is 0 Å². The number of hydrogen-bond acceptors (Lipinski definition) is 5. The van der Waals surface area contributed by atoms with Gasteiger partial charge in [-0.3, -0.25) is 0 Å². The van der Waals surface area contributed by atoms with Crippen LogP contribution in [0.1, 0.15) is 34.0 Å². The van der Waals surface area contributed by atoms with Crippen LogP contribution in [0.3, 0.4) is 0 Å². The van der Waals surface area contributed by atoms with E-state index in [1.807, 2.05) is 72.8 Å². The zero-order chi connectivity index (χ0) is 29.9. The summed E-state index contributed by atoms with van der Waals surface area (Å²) in [5, 5.41) is 24.8. The summed E-state index contributed by atoms with van der Waals surface area (Å²) >= 11 is 0. The molecule has 0 saturated carbocycles. The molecule has 0 bridgehead atoms. The van der Waals surface area contributed by atoms with Gasteiger partial charge >= 0.3 is 0 Å². The van der Waals surface area contributed by atoms with Crippen LogP contribution < -0.4 is 5.32 Å². The van der Waals surface area contributed by atoms with E-state index in [2.05, 4.69) is 78.1 Å². The molecule has 6 aromatic carbocycles. The van der Waals surface area contributed by atoms with Crippen LogP contribution in [0, 0.1) is 22.7 Å². The molecule has 0 amide bonds. The summed E-state index contributed by atoms with van der Waals surface area (Å²) < 4.78 is 0. The predicted octanol–water partition coefficient (Wildman–Crippen LogP) is 8.41. The number of nitrogens with zero attached hydrogens (tertiary/aromatic N) is 4. The number of benzene rings is 6. The molecule has 44 heavy (non-hydrogen) atoms. The number of amidine groups is 2. The molecule has 0 aromatic heterocycles. The Morgan fingerprint density at radius 2 is 1.18 bits per heavy atom. The summed E-state index contributed by atoms with van der Waals surface area (Å²) in [5.41, 5.74) is 7.80. The Hall–Kier alpha value is -6.30. The third-order valence-corrected chi connectivity index (χ3v) is 7.75. The van der Waals surface area contributed by atoms with E-state index >= 15 is 0 Å². The van der Waals surface area contributed by atoms with Gasteiger partial charge in [0, 0.05) is 11.1 Å². The maximum Gasteiger partial charge on any atom is 0.159 e. The van der Waals surface area contributed by atoms with Gasteiger partial charge in [0.2, 0.25) is 0 Å². The fourth-order valence-corrected chi connectivity index (χ4v) is 5.57. The van der Waals surface area contributed by atoms with E-state index < -0.39 is 0 Å². The molecule has 1 atom stereocenters. The highest BCUT2D eigenvalue weighted by molar-refractivity contribution is 6.13. The van der Waals surface area contributed by atoms with E-state index in [0.717, 1.165) is 55.6 Å². The minimum atomic E-state index is -0.260. The molecule has 5 heteroatoms. The molecule has 6 aromatic rings. The van der Waals surface area contributed by atoms with Crippen molar-refractivity contribution in [2.24, 2.45) is 9.98 Å². The molecule has 1 heterocycles. The molecular formula is C39H25N5. The van der Waals surface area contributed by atoms with Gasteiger partial charge in [-0.1, -0.05) is 109 Å². The summed E-state index contributed by atoms with van der Waals surface area (Å²) in [6, 6.07) is 50.8. The molecule has 0 radical (unpaired) electrons. The minimum absolute atomic E-state index is 0.260. The fraction of sp³-hybridized carbons (Fsp3) is 0.0256. The van der Waals surface area contributed by atoms with Gasteiger partial charge in [0.05, 0.1) is 23.3 Å². The van der Waals surface area contributed by atoms with Crippen LogP contribution in [0.2, 0.25) is 0 Å². The summed E-state index contributed by atoms with van der Waals surface area (Å²) in [6.07, 6.45) is -0.260. The lowest BCUT2D eigenvalue weighted by molar-refractivity contribution is 0.674. The first-order chi connectivity index (χ1) is 21.7. The van der Waals surface area contributed by atoms with Crippen molar-refractivity contribution >= 4 is 22.4 Å². The highest BCUT2D eigenvalue weighted by Gasteiger charge is 2.21. The van der Waals surface area contributed by atoms with E-state index in [4.69, 9.17) is 9.98 Å². The standard InChI is InChI=1S/C39H25N5/c40-24-26-19-27(25-41)21-34(20-26)36-23-33(22-32-13-7-8-14-35(32)36)28-15-17-31(18-16-28)39-43-37(29-9-3-1-4-10-29)42-38(44-39)30-11-5-2-6-12-30/h1-23,37H,(H,42,43,44). The van der Waals surface area contributed by atoms with Gasteiger partial charge in [0.25, 0.3) is 0 Å². The number of rotatable bonds is 5. The highest BCUT2D eigenvalue weighted by atomic mass is 15.2. The minimum Gasteiger partial charge on any atom is -0.344 e. The Balaban J connectivity index is 1.30. The van der Waals surface area contributed by atoms with E-state index in [9.17, 15) is 10.5 Å².